The van der Waals surface area contributed by atoms with Gasteiger partial charge in [-0.2, -0.15) is 0 Å². The molecule has 4 heteroatoms. The number of halogens is 2. The largest absolute Gasteiger partial charge is 0.490 e. The van der Waals surface area contributed by atoms with Crippen LogP contribution in [0.25, 0.3) is 0 Å². The minimum atomic E-state index is -0.115. The Hall–Kier alpha value is -1.32. The quantitative estimate of drug-likeness (QED) is 0.713. The van der Waals surface area contributed by atoms with Crippen LogP contribution in [0.15, 0.2) is 46.9 Å². The average Bonchev–Trinajstić information content (AvgIpc) is 2.41. The summed E-state index contributed by atoms with van der Waals surface area (Å²) in [6.07, 6.45) is 0.00625. The molecule has 0 spiro atoms. The summed E-state index contributed by atoms with van der Waals surface area (Å²) in [4.78, 5) is 12.7. The molecule has 0 saturated heterocycles. The van der Waals surface area contributed by atoms with Gasteiger partial charge < -0.3 is 4.74 Å². The SMILES string of the molecule is CC(C)Oc1ccccc1C(=O)c1cc(Cl)ccc1Br. The summed E-state index contributed by atoms with van der Waals surface area (Å²) in [7, 11) is 0. The summed E-state index contributed by atoms with van der Waals surface area (Å²) in [5, 5.41) is 0.527. The molecule has 20 heavy (non-hydrogen) atoms. The summed E-state index contributed by atoms with van der Waals surface area (Å²) < 4.78 is 6.40. The van der Waals surface area contributed by atoms with Gasteiger partial charge in [0.25, 0.3) is 0 Å². The van der Waals surface area contributed by atoms with Gasteiger partial charge in [0, 0.05) is 15.1 Å². The van der Waals surface area contributed by atoms with Crippen LogP contribution in [0.4, 0.5) is 0 Å². The van der Waals surface area contributed by atoms with E-state index in [1.165, 1.54) is 0 Å². The molecule has 0 aliphatic heterocycles. The molecule has 2 nitrogen and oxygen atoms in total. The number of rotatable bonds is 4. The fourth-order valence-corrected chi connectivity index (χ4v) is 2.43. The normalized spacial score (nSPS) is 10.7. The van der Waals surface area contributed by atoms with Crippen molar-refractivity contribution in [1.82, 2.24) is 0 Å². The summed E-state index contributed by atoms with van der Waals surface area (Å²) >= 11 is 9.35. The number of carbonyl (C=O) groups excluding carboxylic acids is 1. The van der Waals surface area contributed by atoms with Crippen molar-refractivity contribution >= 4 is 33.3 Å². The van der Waals surface area contributed by atoms with Crippen LogP contribution in [0.1, 0.15) is 29.8 Å². The molecule has 0 aromatic heterocycles. The van der Waals surface area contributed by atoms with Crippen LogP contribution in [-0.2, 0) is 0 Å². The van der Waals surface area contributed by atoms with Crippen molar-refractivity contribution in [2.75, 3.05) is 0 Å². The van der Waals surface area contributed by atoms with E-state index in [0.29, 0.717) is 26.4 Å². The smallest absolute Gasteiger partial charge is 0.197 e. The highest BCUT2D eigenvalue weighted by molar-refractivity contribution is 9.10. The molecule has 2 aromatic carbocycles. The summed E-state index contributed by atoms with van der Waals surface area (Å²) in [6, 6.07) is 12.4. The van der Waals surface area contributed by atoms with E-state index in [2.05, 4.69) is 15.9 Å². The van der Waals surface area contributed by atoms with Crippen LogP contribution in [0.5, 0.6) is 5.75 Å². The second-order valence-corrected chi connectivity index (χ2v) is 5.91. The lowest BCUT2D eigenvalue weighted by atomic mass is 10.0. The summed E-state index contributed by atoms with van der Waals surface area (Å²) in [5.41, 5.74) is 1.06. The van der Waals surface area contributed by atoms with E-state index < -0.39 is 0 Å². The first-order chi connectivity index (χ1) is 9.49. The molecule has 0 atom stereocenters. The number of carbonyl (C=O) groups is 1. The maximum Gasteiger partial charge on any atom is 0.197 e. The highest BCUT2D eigenvalue weighted by Gasteiger charge is 2.17. The molecule has 0 unspecified atom stereocenters. The minimum absolute atomic E-state index is 0.00625. The van der Waals surface area contributed by atoms with Crippen LogP contribution in [-0.4, -0.2) is 11.9 Å². The Morgan fingerprint density at radius 3 is 2.55 bits per heavy atom. The number of benzene rings is 2. The van der Waals surface area contributed by atoms with Crippen molar-refractivity contribution in [2.45, 2.75) is 20.0 Å². The van der Waals surface area contributed by atoms with Gasteiger partial charge in [-0.1, -0.05) is 39.7 Å². The molecular weight excluding hydrogens is 340 g/mol. The van der Waals surface area contributed by atoms with Crippen molar-refractivity contribution in [3.63, 3.8) is 0 Å². The Kier molecular flexibility index (Phi) is 4.84. The highest BCUT2D eigenvalue weighted by Crippen LogP contribution is 2.28. The van der Waals surface area contributed by atoms with Gasteiger partial charge >= 0.3 is 0 Å². The predicted octanol–water partition coefficient (Wildman–Crippen LogP) is 5.12. The molecule has 0 fully saturated rings. The van der Waals surface area contributed by atoms with Gasteiger partial charge in [-0.05, 0) is 44.2 Å². The molecule has 0 amide bonds. The van der Waals surface area contributed by atoms with E-state index in [1.54, 1.807) is 30.3 Å². The van der Waals surface area contributed by atoms with Crippen molar-refractivity contribution in [1.29, 1.82) is 0 Å². The second kappa shape index (κ2) is 6.42. The van der Waals surface area contributed by atoms with Crippen molar-refractivity contribution in [3.05, 3.63) is 63.1 Å². The maximum absolute atomic E-state index is 12.7. The fraction of sp³-hybridized carbons (Fsp3) is 0.188. The van der Waals surface area contributed by atoms with Gasteiger partial charge in [-0.3, -0.25) is 4.79 Å². The topological polar surface area (TPSA) is 26.3 Å². The molecule has 0 radical (unpaired) electrons. The number of para-hydroxylation sites is 1. The first kappa shape index (κ1) is 15.1. The van der Waals surface area contributed by atoms with E-state index in [4.69, 9.17) is 16.3 Å². The van der Waals surface area contributed by atoms with Crippen LogP contribution in [0.3, 0.4) is 0 Å². The second-order valence-electron chi connectivity index (χ2n) is 4.62. The highest BCUT2D eigenvalue weighted by atomic mass is 79.9. The van der Waals surface area contributed by atoms with Gasteiger partial charge in [0.05, 0.1) is 11.7 Å². The first-order valence-electron chi connectivity index (χ1n) is 6.24. The Morgan fingerprint density at radius 1 is 1.15 bits per heavy atom. The molecule has 0 saturated carbocycles. The fourth-order valence-electron chi connectivity index (χ4n) is 1.83. The Balaban J connectivity index is 2.45. The third-order valence-corrected chi connectivity index (χ3v) is 3.59. The van der Waals surface area contributed by atoms with E-state index >= 15 is 0 Å². The van der Waals surface area contributed by atoms with Crippen LogP contribution >= 0.6 is 27.5 Å². The molecule has 0 aliphatic carbocycles. The molecular formula is C16H14BrClO2. The maximum atomic E-state index is 12.7. The summed E-state index contributed by atoms with van der Waals surface area (Å²) in [6.45, 7) is 3.85. The number of ketones is 1. The van der Waals surface area contributed by atoms with E-state index in [1.807, 2.05) is 26.0 Å². The monoisotopic (exact) mass is 352 g/mol. The molecule has 2 aromatic rings. The number of ether oxygens (including phenoxy) is 1. The van der Waals surface area contributed by atoms with Crippen molar-refractivity contribution in [3.8, 4) is 5.75 Å². The lowest BCUT2D eigenvalue weighted by molar-refractivity contribution is 0.103. The Bertz CT molecular complexity index is 638. The van der Waals surface area contributed by atoms with Crippen LogP contribution in [0, 0.1) is 0 Å². The molecule has 0 N–H and O–H groups in total. The predicted molar refractivity (Wildman–Crippen MR) is 84.8 cm³/mol. The number of hydrogen-bond acceptors (Lipinski definition) is 2. The molecule has 0 aliphatic rings. The number of hydrogen-bond donors (Lipinski definition) is 0. The van der Waals surface area contributed by atoms with Gasteiger partial charge in [0.1, 0.15) is 5.75 Å². The standard InChI is InChI=1S/C16H14BrClO2/c1-10(2)20-15-6-4-3-5-12(15)16(19)13-9-11(18)7-8-14(13)17/h3-10H,1-2H3. The molecule has 0 heterocycles. The van der Waals surface area contributed by atoms with Crippen LogP contribution in [0.2, 0.25) is 5.02 Å². The van der Waals surface area contributed by atoms with Crippen LogP contribution < -0.4 is 4.74 Å². The minimum Gasteiger partial charge on any atom is -0.490 e. The van der Waals surface area contributed by atoms with E-state index in [0.717, 1.165) is 0 Å². The molecule has 0 bridgehead atoms. The van der Waals surface area contributed by atoms with Gasteiger partial charge in [-0.15, -0.1) is 0 Å². The zero-order chi connectivity index (χ0) is 14.7. The van der Waals surface area contributed by atoms with E-state index in [9.17, 15) is 4.79 Å². The van der Waals surface area contributed by atoms with Crippen molar-refractivity contribution in [2.24, 2.45) is 0 Å². The lowest BCUT2D eigenvalue weighted by Gasteiger charge is -2.14. The molecule has 2 rings (SSSR count). The van der Waals surface area contributed by atoms with Gasteiger partial charge in [0.2, 0.25) is 0 Å². The molecule has 104 valence electrons. The van der Waals surface area contributed by atoms with Gasteiger partial charge in [-0.25, -0.2) is 0 Å². The average molecular weight is 354 g/mol. The van der Waals surface area contributed by atoms with Gasteiger partial charge in [0.15, 0.2) is 5.78 Å². The third-order valence-electron chi connectivity index (χ3n) is 2.67. The Labute approximate surface area is 131 Å². The first-order valence-corrected chi connectivity index (χ1v) is 7.41. The summed E-state index contributed by atoms with van der Waals surface area (Å²) in [5.74, 6) is 0.468. The lowest BCUT2D eigenvalue weighted by Crippen LogP contribution is -2.11. The van der Waals surface area contributed by atoms with Crippen molar-refractivity contribution < 1.29 is 9.53 Å². The third kappa shape index (κ3) is 3.41. The van der Waals surface area contributed by atoms with E-state index in [-0.39, 0.29) is 11.9 Å². The zero-order valence-corrected chi connectivity index (χ0v) is 13.5. The zero-order valence-electron chi connectivity index (χ0n) is 11.2. The Morgan fingerprint density at radius 2 is 1.85 bits per heavy atom.